The summed E-state index contributed by atoms with van der Waals surface area (Å²) < 4.78 is 5.35. The highest BCUT2D eigenvalue weighted by atomic mass is 35.5. The molecule has 0 N–H and O–H groups in total. The number of ether oxygens (including phenoxy) is 1. The van der Waals surface area contributed by atoms with Crippen molar-refractivity contribution in [3.8, 4) is 0 Å². The van der Waals surface area contributed by atoms with Crippen molar-refractivity contribution >= 4 is 35.5 Å². The summed E-state index contributed by atoms with van der Waals surface area (Å²) in [5.74, 6) is -0.634. The fourth-order valence-corrected chi connectivity index (χ4v) is 2.75. The van der Waals surface area contributed by atoms with Crippen LogP contribution in [0.4, 0.5) is 4.79 Å². The van der Waals surface area contributed by atoms with Crippen molar-refractivity contribution in [2.24, 2.45) is 0 Å². The number of carbonyl (C=O) groups excluding carboxylic acids is 3. The van der Waals surface area contributed by atoms with Crippen LogP contribution in [0.25, 0.3) is 6.08 Å². The van der Waals surface area contributed by atoms with Gasteiger partial charge in [0.05, 0.1) is 5.57 Å². The van der Waals surface area contributed by atoms with Crippen molar-refractivity contribution in [1.82, 2.24) is 9.80 Å². The van der Waals surface area contributed by atoms with Crippen LogP contribution in [-0.4, -0.2) is 59.4 Å². The molecule has 1 saturated heterocycles. The monoisotopic (exact) mass is 392 g/mol. The molecule has 1 fully saturated rings. The summed E-state index contributed by atoms with van der Waals surface area (Å²) in [4.78, 5) is 40.1. The first-order chi connectivity index (χ1) is 12.6. The topological polar surface area (TPSA) is 66.9 Å². The highest BCUT2D eigenvalue weighted by molar-refractivity contribution is 6.30. The third-order valence-electron chi connectivity index (χ3n) is 4.01. The molecule has 0 aliphatic carbocycles. The summed E-state index contributed by atoms with van der Waals surface area (Å²) in [7, 11) is 0. The van der Waals surface area contributed by atoms with E-state index in [9.17, 15) is 14.4 Å². The van der Waals surface area contributed by atoms with Crippen molar-refractivity contribution in [3.63, 3.8) is 0 Å². The minimum Gasteiger partial charge on any atom is -0.444 e. The lowest BCUT2D eigenvalue weighted by molar-refractivity contribution is -0.130. The molecule has 1 aliphatic heterocycles. The average Bonchev–Trinajstić information content (AvgIpc) is 2.59. The SMILES string of the molecule is CC(=O)/C(=C\c1ccc(Cl)cc1)C(=O)N1CCN(C(=O)OC(C)(C)C)CC1. The number of hydrogen-bond acceptors (Lipinski definition) is 4. The van der Waals surface area contributed by atoms with Crippen LogP contribution in [0.15, 0.2) is 29.8 Å². The van der Waals surface area contributed by atoms with Gasteiger partial charge in [0.1, 0.15) is 5.60 Å². The number of halogens is 1. The zero-order valence-electron chi connectivity index (χ0n) is 16.1. The number of hydrogen-bond donors (Lipinski definition) is 0. The van der Waals surface area contributed by atoms with E-state index >= 15 is 0 Å². The van der Waals surface area contributed by atoms with Crippen molar-refractivity contribution in [2.75, 3.05) is 26.2 Å². The molecule has 0 atom stereocenters. The number of benzene rings is 1. The molecule has 7 heteroatoms. The van der Waals surface area contributed by atoms with Gasteiger partial charge in [0.25, 0.3) is 5.91 Å². The minimum absolute atomic E-state index is 0.114. The predicted octanol–water partition coefficient (Wildman–Crippen LogP) is 3.39. The van der Waals surface area contributed by atoms with E-state index in [1.807, 2.05) is 20.8 Å². The summed E-state index contributed by atoms with van der Waals surface area (Å²) in [5.41, 5.74) is 0.279. The van der Waals surface area contributed by atoms with Gasteiger partial charge in [-0.2, -0.15) is 0 Å². The maximum absolute atomic E-state index is 12.8. The van der Waals surface area contributed by atoms with Crippen LogP contribution in [0, 0.1) is 0 Å². The smallest absolute Gasteiger partial charge is 0.410 e. The number of nitrogens with zero attached hydrogens (tertiary/aromatic N) is 2. The van der Waals surface area contributed by atoms with Crippen molar-refractivity contribution in [1.29, 1.82) is 0 Å². The summed E-state index contributed by atoms with van der Waals surface area (Å²) >= 11 is 5.87. The molecule has 0 saturated carbocycles. The summed E-state index contributed by atoms with van der Waals surface area (Å²) in [6, 6.07) is 6.91. The minimum atomic E-state index is -0.562. The molecule has 0 bridgehead atoms. The van der Waals surface area contributed by atoms with E-state index in [1.165, 1.54) is 6.92 Å². The molecule has 2 amide bonds. The first-order valence-electron chi connectivity index (χ1n) is 8.82. The maximum atomic E-state index is 12.8. The molecular weight excluding hydrogens is 368 g/mol. The Kier molecular flexibility index (Phi) is 6.65. The fourth-order valence-electron chi connectivity index (χ4n) is 2.63. The lowest BCUT2D eigenvalue weighted by atomic mass is 10.1. The molecule has 0 aromatic heterocycles. The number of carbonyl (C=O) groups is 3. The molecule has 1 aliphatic rings. The Labute approximate surface area is 164 Å². The zero-order chi connectivity index (χ0) is 20.2. The van der Waals surface area contributed by atoms with Gasteiger partial charge in [-0.05, 0) is 51.5 Å². The van der Waals surface area contributed by atoms with Gasteiger partial charge in [-0.1, -0.05) is 23.7 Å². The van der Waals surface area contributed by atoms with Gasteiger partial charge in [-0.15, -0.1) is 0 Å². The van der Waals surface area contributed by atoms with E-state index in [0.717, 1.165) is 5.56 Å². The van der Waals surface area contributed by atoms with Crippen LogP contribution >= 0.6 is 11.6 Å². The van der Waals surface area contributed by atoms with E-state index in [2.05, 4.69) is 0 Å². The highest BCUT2D eigenvalue weighted by Gasteiger charge is 2.29. The van der Waals surface area contributed by atoms with Gasteiger partial charge in [0.15, 0.2) is 5.78 Å². The van der Waals surface area contributed by atoms with Crippen molar-refractivity contribution < 1.29 is 19.1 Å². The summed E-state index contributed by atoms with van der Waals surface area (Å²) in [6.07, 6.45) is 1.18. The second kappa shape index (κ2) is 8.57. The quantitative estimate of drug-likeness (QED) is 0.449. The Morgan fingerprint density at radius 2 is 1.52 bits per heavy atom. The number of ketones is 1. The van der Waals surface area contributed by atoms with E-state index < -0.39 is 11.7 Å². The molecular formula is C20H25ClN2O4. The number of amides is 2. The van der Waals surface area contributed by atoms with Crippen LogP contribution in [0.3, 0.4) is 0 Å². The fraction of sp³-hybridized carbons (Fsp3) is 0.450. The van der Waals surface area contributed by atoms with Crippen LogP contribution in [-0.2, 0) is 14.3 Å². The second-order valence-electron chi connectivity index (χ2n) is 7.43. The third-order valence-corrected chi connectivity index (χ3v) is 4.26. The van der Waals surface area contributed by atoms with Gasteiger partial charge in [-0.25, -0.2) is 4.79 Å². The highest BCUT2D eigenvalue weighted by Crippen LogP contribution is 2.17. The van der Waals surface area contributed by atoms with Crippen LogP contribution < -0.4 is 0 Å². The zero-order valence-corrected chi connectivity index (χ0v) is 16.9. The molecule has 0 radical (unpaired) electrons. The van der Waals surface area contributed by atoms with Gasteiger partial charge in [0, 0.05) is 31.2 Å². The summed E-state index contributed by atoms with van der Waals surface area (Å²) in [5, 5.41) is 0.584. The van der Waals surface area contributed by atoms with Crippen LogP contribution in [0.1, 0.15) is 33.3 Å². The van der Waals surface area contributed by atoms with Crippen LogP contribution in [0.5, 0.6) is 0 Å². The molecule has 1 aromatic rings. The predicted molar refractivity (Wildman–Crippen MR) is 104 cm³/mol. The Morgan fingerprint density at radius 1 is 1.00 bits per heavy atom. The number of piperazine rings is 1. The molecule has 146 valence electrons. The standard InChI is InChI=1S/C20H25ClN2O4/c1-14(24)17(13-15-5-7-16(21)8-6-15)18(25)22-9-11-23(12-10-22)19(26)27-20(2,3)4/h5-8,13H,9-12H2,1-4H3/b17-13+. The first kappa shape index (κ1) is 21.0. The number of rotatable bonds is 3. The molecule has 6 nitrogen and oxygen atoms in total. The Balaban J connectivity index is 2.05. The molecule has 1 heterocycles. The molecule has 2 rings (SSSR count). The van der Waals surface area contributed by atoms with E-state index in [4.69, 9.17) is 16.3 Å². The largest absolute Gasteiger partial charge is 0.444 e. The normalized spacial score (nSPS) is 15.5. The van der Waals surface area contributed by atoms with E-state index in [0.29, 0.717) is 31.2 Å². The summed E-state index contributed by atoms with van der Waals surface area (Å²) in [6.45, 7) is 8.24. The number of Topliss-reactive ketones (excluding diaryl/α,β-unsaturated/α-hetero) is 1. The van der Waals surface area contributed by atoms with Crippen LogP contribution in [0.2, 0.25) is 5.02 Å². The molecule has 1 aromatic carbocycles. The third kappa shape index (κ3) is 6.10. The second-order valence-corrected chi connectivity index (χ2v) is 7.86. The molecule has 0 unspecified atom stereocenters. The van der Waals surface area contributed by atoms with Crippen molar-refractivity contribution in [3.05, 3.63) is 40.4 Å². The van der Waals surface area contributed by atoms with Gasteiger partial charge < -0.3 is 14.5 Å². The maximum Gasteiger partial charge on any atom is 0.410 e. The van der Waals surface area contributed by atoms with Gasteiger partial charge in [-0.3, -0.25) is 9.59 Å². The lowest BCUT2D eigenvalue weighted by Crippen LogP contribution is -2.52. The van der Waals surface area contributed by atoms with E-state index in [1.54, 1.807) is 40.1 Å². The van der Waals surface area contributed by atoms with Crippen molar-refractivity contribution in [2.45, 2.75) is 33.3 Å². The Bertz CT molecular complexity index is 742. The first-order valence-corrected chi connectivity index (χ1v) is 9.20. The van der Waals surface area contributed by atoms with Gasteiger partial charge >= 0.3 is 6.09 Å². The average molecular weight is 393 g/mol. The van der Waals surface area contributed by atoms with E-state index in [-0.39, 0.29) is 17.3 Å². The lowest BCUT2D eigenvalue weighted by Gasteiger charge is -2.35. The Morgan fingerprint density at radius 3 is 2.00 bits per heavy atom. The van der Waals surface area contributed by atoms with Gasteiger partial charge in [0.2, 0.25) is 0 Å². The molecule has 0 spiro atoms. The Hall–Kier alpha value is -2.34. The molecule has 27 heavy (non-hydrogen) atoms.